The van der Waals surface area contributed by atoms with E-state index in [-0.39, 0.29) is 67.5 Å². The molecular weight excluding hydrogens is 1630 g/mol. The maximum atomic E-state index is 14.8. The van der Waals surface area contributed by atoms with Gasteiger partial charge in [-0.05, 0) is 218 Å². The molecule has 0 amide bonds. The second-order valence-electron chi connectivity index (χ2n) is 39.5. The molecular formula is C90H164N6O29. The maximum absolute atomic E-state index is 14.8. The number of fused-ring (bicyclic) bond motifs is 2. The lowest BCUT2D eigenvalue weighted by molar-refractivity contribution is -0.319. The average molecular weight is 1790 g/mol. The number of aliphatic hydroxyl groups is 4. The summed E-state index contributed by atoms with van der Waals surface area (Å²) in [5.74, 6) is -6.66. The molecule has 8 heterocycles. The number of esters is 6. The molecule has 728 valence electrons. The molecule has 2 unspecified atom stereocenters. The Morgan fingerprint density at radius 3 is 1.20 bits per heavy atom. The molecule has 0 aromatic rings. The average Bonchev–Trinajstić information content (AvgIpc) is 1.55. The second kappa shape index (κ2) is 45.7. The summed E-state index contributed by atoms with van der Waals surface area (Å²) < 4.78 is 120. The molecule has 0 aromatic carbocycles. The Morgan fingerprint density at radius 1 is 0.464 bits per heavy atom. The lowest BCUT2D eigenvalue weighted by Crippen LogP contribution is -2.61. The summed E-state index contributed by atoms with van der Waals surface area (Å²) in [6.07, 6.45) is -14.2. The molecule has 0 spiro atoms. The molecule has 0 aromatic heterocycles. The van der Waals surface area contributed by atoms with Crippen LogP contribution in [0.25, 0.3) is 0 Å². The van der Waals surface area contributed by atoms with Crippen LogP contribution in [0.3, 0.4) is 0 Å². The summed E-state index contributed by atoms with van der Waals surface area (Å²) >= 11 is 0. The zero-order chi connectivity index (χ0) is 94.9. The van der Waals surface area contributed by atoms with E-state index in [2.05, 4.69) is 42.2 Å². The Balaban J connectivity index is 0.000000360. The molecule has 0 aliphatic carbocycles. The Labute approximate surface area is 745 Å². The van der Waals surface area contributed by atoms with E-state index in [0.29, 0.717) is 45.2 Å². The van der Waals surface area contributed by atoms with E-state index in [1.807, 2.05) is 152 Å². The van der Waals surface area contributed by atoms with Crippen LogP contribution in [0.5, 0.6) is 0 Å². The van der Waals surface area contributed by atoms with Gasteiger partial charge in [0.1, 0.15) is 53.4 Å². The van der Waals surface area contributed by atoms with Crippen molar-refractivity contribution in [2.75, 3.05) is 97.8 Å². The summed E-state index contributed by atoms with van der Waals surface area (Å²) in [5.41, 5.74) is -7.16. The molecule has 8 saturated heterocycles. The molecule has 35 heteroatoms. The summed E-state index contributed by atoms with van der Waals surface area (Å²) in [6, 6.07) is -0.876. The van der Waals surface area contributed by atoms with E-state index < -0.39 is 217 Å². The normalized spacial score (nSPS) is 45.1. The molecule has 8 aliphatic heterocycles. The van der Waals surface area contributed by atoms with E-state index >= 15 is 0 Å². The van der Waals surface area contributed by atoms with Gasteiger partial charge in [-0.25, -0.2) is 0 Å². The van der Waals surface area contributed by atoms with Gasteiger partial charge < -0.3 is 130 Å². The smallest absolute Gasteiger partial charge is 0.311 e. The van der Waals surface area contributed by atoms with Gasteiger partial charge in [0.25, 0.3) is 0 Å². The molecule has 8 rings (SSSR count). The lowest BCUT2D eigenvalue weighted by Gasteiger charge is -2.49. The fourth-order valence-electron chi connectivity index (χ4n) is 20.3. The largest absolute Gasteiger partial charge is 0.459 e. The molecule has 0 bridgehead atoms. The van der Waals surface area contributed by atoms with Crippen LogP contribution in [-0.2, 0) is 119 Å². The number of likely N-dealkylation sites (N-methyl/N-ethyl adjacent to an activating group) is 4. The third kappa shape index (κ3) is 27.2. The van der Waals surface area contributed by atoms with Crippen LogP contribution >= 0.6 is 0 Å². The Bertz CT molecular complexity index is 3410. The first kappa shape index (κ1) is 110. The van der Waals surface area contributed by atoms with Gasteiger partial charge in [0.15, 0.2) is 37.4 Å². The first-order chi connectivity index (χ1) is 57.7. The number of carbonyl (C=O) groups is 6. The number of nitrogens with zero attached hydrogens (tertiary/aromatic N) is 6. The van der Waals surface area contributed by atoms with Gasteiger partial charge in [0.2, 0.25) is 12.8 Å². The fourth-order valence-corrected chi connectivity index (χ4v) is 20.3. The van der Waals surface area contributed by atoms with Gasteiger partial charge in [0.05, 0.1) is 83.5 Å². The SMILES string of the molecule is CC(=O)OC(C)=O.CC[C@H]1OC(=O)[C@H](C)[C@@H](O[C@H]2C[C@@](C)(OC)[C@@H](O)[C@H](C)O2)[C@H](C)[C@@H](O[C@@H]2O[C@H](C)C[C@H](N(C)C)[C@H]2O)[C@](C)(O)C[C@@H](C)CN(C)[C@H](C)[C@H]2OC(N(C)C)O[C@@]21C.CC[C@H]1OC(=O)[C@H](C)[C@@H](O[C@H]2C[C@@](C)(OC)[C@@H](OC(C)=O)[C@H](C)O2)[C@H](C)[C@@H](O[C@@H]2O[C@H](C)C[C@H](N(C)C)[C@H]2OC(C)=O)[C@](C)(O)C[C@@H](C)CN(C)[C@H](C)[C@H]2OC(N(C)C)O[C@@]21C. The highest BCUT2D eigenvalue weighted by Crippen LogP contribution is 2.47. The van der Waals surface area contributed by atoms with Crippen molar-refractivity contribution in [1.82, 2.24) is 29.4 Å². The van der Waals surface area contributed by atoms with Crippen LogP contribution in [0.1, 0.15) is 218 Å². The van der Waals surface area contributed by atoms with Crippen LogP contribution in [0.4, 0.5) is 0 Å². The van der Waals surface area contributed by atoms with E-state index in [1.54, 1.807) is 55.6 Å². The Hall–Kier alpha value is -3.94. The summed E-state index contributed by atoms with van der Waals surface area (Å²) in [6.45, 7) is 44.1. The third-order valence-electron chi connectivity index (χ3n) is 27.2. The molecule has 4 N–H and O–H groups in total. The molecule has 0 radical (unpaired) electrons. The van der Waals surface area contributed by atoms with Gasteiger partial charge in [-0.1, -0.05) is 41.5 Å². The van der Waals surface area contributed by atoms with Crippen molar-refractivity contribution in [3.63, 3.8) is 0 Å². The van der Waals surface area contributed by atoms with Gasteiger partial charge in [-0.15, -0.1) is 0 Å². The monoisotopic (exact) mass is 1790 g/mol. The van der Waals surface area contributed by atoms with E-state index in [1.165, 1.54) is 34.8 Å². The van der Waals surface area contributed by atoms with Crippen molar-refractivity contribution in [2.45, 2.75) is 411 Å². The lowest BCUT2D eigenvalue weighted by atomic mass is 9.77. The van der Waals surface area contributed by atoms with Crippen LogP contribution in [0.15, 0.2) is 0 Å². The first-order valence-corrected chi connectivity index (χ1v) is 45.0. The number of methoxy groups -OCH3 is 2. The molecule has 35 nitrogen and oxygen atoms in total. The number of hydrogen-bond donors (Lipinski definition) is 4. The molecule has 8 aliphatic rings. The van der Waals surface area contributed by atoms with Crippen molar-refractivity contribution in [3.05, 3.63) is 0 Å². The number of ether oxygens (including phenoxy) is 19. The second-order valence-corrected chi connectivity index (χ2v) is 39.5. The standard InChI is InChI=1S/C45H81N3O14.C41H77N3O12.C4H6O3/c1-19-33-45(12)38(61-42(62-45)47(15)16)28(6)48(17)23-24(2)21-43(10,52)37(60-41-36(56-30(8)49)32(46(13)14)20-25(3)54-41)26(4)35(27(5)40(51)58-33)59-34-22-44(11,53-18)39(29(7)55-34)57-31(9)50;1-17-29-41(10)35(55-38(56-41)43(13)14)26(6)44(15)21-22(2)19-39(8,48)34(54-37-31(45)28(42(11)12)18-23(3)50-37)24(4)32(25(5)36(47)52-29)53-30-20-40(9,49-16)33(46)27(7)51-30;1-3(5)7-4(2)6/h24-29,32-39,41-42,52H,19-23H2,1-18H3;22-35,37-38,45-46,48H,17-21H2,1-16H3;1-2H3/t24-,25-,26+,27-,28-,29+,32+,33-,34+,35+,36-,37-,38-,39+,41+,42?,43-,44-,45-;22-,23-,24+,25-,26-,27+,28+,29-,30+,31-,32+,33+,34-,35-,37+,38?,39-,40-,41-;/m11./s1. The van der Waals surface area contributed by atoms with Crippen LogP contribution in [-0.4, -0.2) is 377 Å². The third-order valence-corrected chi connectivity index (χ3v) is 27.2. The highest BCUT2D eigenvalue weighted by molar-refractivity contribution is 5.82. The minimum absolute atomic E-state index is 0.0483. The quantitative estimate of drug-likeness (QED) is 0.0618. The number of cyclic esters (lactones) is 2. The van der Waals surface area contributed by atoms with Crippen molar-refractivity contribution >= 4 is 35.8 Å². The predicted octanol–water partition coefficient (Wildman–Crippen LogP) is 6.85. The Kier molecular flexibility index (Phi) is 40.1. The molecule has 38 atom stereocenters. The van der Waals surface area contributed by atoms with E-state index in [4.69, 9.17) is 85.3 Å². The van der Waals surface area contributed by atoms with Gasteiger partial charge in [-0.3, -0.25) is 38.6 Å². The number of hydrogen-bond acceptors (Lipinski definition) is 35. The molecule has 0 saturated carbocycles. The predicted molar refractivity (Wildman–Crippen MR) is 460 cm³/mol. The zero-order valence-corrected chi connectivity index (χ0v) is 82.2. The van der Waals surface area contributed by atoms with Crippen LogP contribution in [0, 0.1) is 35.5 Å². The van der Waals surface area contributed by atoms with Gasteiger partial charge >= 0.3 is 35.8 Å². The first-order valence-electron chi connectivity index (χ1n) is 45.0. The van der Waals surface area contributed by atoms with Gasteiger partial charge in [-0.2, -0.15) is 0 Å². The molecule has 8 fully saturated rings. The maximum Gasteiger partial charge on any atom is 0.311 e. The van der Waals surface area contributed by atoms with Crippen molar-refractivity contribution in [3.8, 4) is 0 Å². The van der Waals surface area contributed by atoms with Gasteiger partial charge in [0, 0.05) is 97.8 Å². The highest BCUT2D eigenvalue weighted by Gasteiger charge is 2.61. The van der Waals surface area contributed by atoms with Crippen molar-refractivity contribution in [1.29, 1.82) is 0 Å². The van der Waals surface area contributed by atoms with Crippen molar-refractivity contribution < 1.29 is 139 Å². The van der Waals surface area contributed by atoms with E-state index in [0.717, 1.165) is 0 Å². The van der Waals surface area contributed by atoms with Crippen LogP contribution < -0.4 is 0 Å². The Morgan fingerprint density at radius 2 is 0.840 bits per heavy atom. The summed E-state index contributed by atoms with van der Waals surface area (Å²) in [5, 5.41) is 48.3. The molecule has 125 heavy (non-hydrogen) atoms. The number of rotatable bonds is 18. The highest BCUT2D eigenvalue weighted by atomic mass is 16.8. The minimum Gasteiger partial charge on any atom is -0.459 e. The zero-order valence-electron chi connectivity index (χ0n) is 82.2. The number of carbonyl (C=O) groups excluding carboxylic acids is 6. The minimum atomic E-state index is -1.57. The van der Waals surface area contributed by atoms with E-state index in [9.17, 15) is 49.2 Å². The summed E-state index contributed by atoms with van der Waals surface area (Å²) in [4.78, 5) is 85.9. The summed E-state index contributed by atoms with van der Waals surface area (Å²) in [7, 11) is 22.3. The van der Waals surface area contributed by atoms with Crippen LogP contribution in [0.2, 0.25) is 0 Å². The number of aliphatic hydroxyl groups excluding tert-OH is 2. The topological polar surface area (TPSA) is 378 Å². The van der Waals surface area contributed by atoms with Crippen molar-refractivity contribution in [2.24, 2.45) is 35.5 Å². The fraction of sp³-hybridized carbons (Fsp3) is 0.933.